The zero-order valence-corrected chi connectivity index (χ0v) is 10.1. The molecule has 0 aromatic rings. The second kappa shape index (κ2) is 8.68. The fourth-order valence-electron chi connectivity index (χ4n) is 1.43. The van der Waals surface area contributed by atoms with Gasteiger partial charge in [-0.15, -0.1) is 0 Å². The highest BCUT2D eigenvalue weighted by atomic mass is 16.3. The molecule has 0 saturated carbocycles. The number of hydrogen-bond acceptors (Lipinski definition) is 3. The molecule has 0 fully saturated rings. The van der Waals surface area contributed by atoms with Gasteiger partial charge in [0.05, 0.1) is 0 Å². The summed E-state index contributed by atoms with van der Waals surface area (Å²) in [7, 11) is 0. The minimum absolute atomic E-state index is 0.104. The number of rotatable bonds is 8. The molecule has 0 aliphatic carbocycles. The van der Waals surface area contributed by atoms with E-state index < -0.39 is 0 Å². The van der Waals surface area contributed by atoms with Crippen molar-refractivity contribution in [1.29, 1.82) is 0 Å². The number of aliphatic hydroxyl groups is 1. The van der Waals surface area contributed by atoms with Gasteiger partial charge in [-0.3, -0.25) is 4.79 Å². The Morgan fingerprint density at radius 3 is 2.53 bits per heavy atom. The van der Waals surface area contributed by atoms with Crippen molar-refractivity contribution < 1.29 is 9.90 Å². The second-order valence-electron chi connectivity index (χ2n) is 3.91. The highest BCUT2D eigenvalue weighted by Gasteiger charge is 2.10. The standard InChI is InChI=1S/C11H24N2O2/c1-4-12-11(15)6-8-13(10(2)3)7-5-9-14/h10,14H,4-9H2,1-3H3,(H,12,15). The summed E-state index contributed by atoms with van der Waals surface area (Å²) in [6, 6.07) is 0.422. The summed E-state index contributed by atoms with van der Waals surface area (Å²) in [6.45, 7) is 8.66. The molecule has 1 amide bonds. The van der Waals surface area contributed by atoms with Crippen molar-refractivity contribution in [2.75, 3.05) is 26.2 Å². The van der Waals surface area contributed by atoms with Gasteiger partial charge in [-0.25, -0.2) is 0 Å². The molecule has 15 heavy (non-hydrogen) atoms. The smallest absolute Gasteiger partial charge is 0.221 e. The number of carbonyl (C=O) groups is 1. The number of nitrogens with zero attached hydrogens (tertiary/aromatic N) is 1. The van der Waals surface area contributed by atoms with Gasteiger partial charge in [-0.1, -0.05) is 0 Å². The van der Waals surface area contributed by atoms with Crippen LogP contribution in [0.5, 0.6) is 0 Å². The lowest BCUT2D eigenvalue weighted by Crippen LogP contribution is -2.36. The minimum atomic E-state index is 0.104. The van der Waals surface area contributed by atoms with Gasteiger partial charge in [0.2, 0.25) is 5.91 Å². The molecule has 2 N–H and O–H groups in total. The normalized spacial score (nSPS) is 11.1. The maximum atomic E-state index is 11.3. The lowest BCUT2D eigenvalue weighted by atomic mass is 10.2. The zero-order valence-electron chi connectivity index (χ0n) is 10.1. The van der Waals surface area contributed by atoms with Crippen LogP contribution >= 0.6 is 0 Å². The first-order valence-corrected chi connectivity index (χ1v) is 5.73. The van der Waals surface area contributed by atoms with Crippen LogP contribution in [0.15, 0.2) is 0 Å². The summed E-state index contributed by atoms with van der Waals surface area (Å²) < 4.78 is 0. The molecule has 0 heterocycles. The fourth-order valence-corrected chi connectivity index (χ4v) is 1.43. The summed E-state index contributed by atoms with van der Waals surface area (Å²) in [5.74, 6) is 0.104. The Hall–Kier alpha value is -0.610. The Balaban J connectivity index is 3.79. The molecule has 0 radical (unpaired) electrons. The molecular formula is C11H24N2O2. The van der Waals surface area contributed by atoms with E-state index in [0.717, 1.165) is 19.5 Å². The molecule has 0 rings (SSSR count). The Labute approximate surface area is 92.7 Å². The fraction of sp³-hybridized carbons (Fsp3) is 0.909. The van der Waals surface area contributed by atoms with E-state index in [1.54, 1.807) is 0 Å². The van der Waals surface area contributed by atoms with Crippen LogP contribution in [0.3, 0.4) is 0 Å². The second-order valence-corrected chi connectivity index (χ2v) is 3.91. The van der Waals surface area contributed by atoms with Crippen LogP contribution in [0.25, 0.3) is 0 Å². The molecule has 0 aliphatic heterocycles. The summed E-state index contributed by atoms with van der Waals surface area (Å²) in [5, 5.41) is 11.5. The van der Waals surface area contributed by atoms with Crippen molar-refractivity contribution in [2.45, 2.75) is 39.7 Å². The molecule has 4 heteroatoms. The summed E-state index contributed by atoms with van der Waals surface area (Å²) >= 11 is 0. The molecular weight excluding hydrogens is 192 g/mol. The Morgan fingerprint density at radius 1 is 1.40 bits per heavy atom. The van der Waals surface area contributed by atoms with Crippen LogP contribution < -0.4 is 5.32 Å². The van der Waals surface area contributed by atoms with Crippen molar-refractivity contribution in [1.82, 2.24) is 10.2 Å². The van der Waals surface area contributed by atoms with Gasteiger partial charge in [0.15, 0.2) is 0 Å². The van der Waals surface area contributed by atoms with Gasteiger partial charge in [0.1, 0.15) is 0 Å². The highest BCUT2D eigenvalue weighted by Crippen LogP contribution is 2.01. The van der Waals surface area contributed by atoms with Crippen molar-refractivity contribution in [3.8, 4) is 0 Å². The van der Waals surface area contributed by atoms with Gasteiger partial charge in [-0.2, -0.15) is 0 Å². The van der Waals surface area contributed by atoms with Gasteiger partial charge < -0.3 is 15.3 Å². The first-order valence-electron chi connectivity index (χ1n) is 5.73. The summed E-state index contributed by atoms with van der Waals surface area (Å²) in [5.41, 5.74) is 0. The third-order valence-corrected chi connectivity index (χ3v) is 2.33. The van der Waals surface area contributed by atoms with Gasteiger partial charge in [0.25, 0.3) is 0 Å². The number of carbonyl (C=O) groups excluding carboxylic acids is 1. The van der Waals surface area contributed by atoms with E-state index >= 15 is 0 Å². The molecule has 0 aliphatic rings. The summed E-state index contributed by atoms with van der Waals surface area (Å²) in [6.07, 6.45) is 1.31. The quantitative estimate of drug-likeness (QED) is 0.625. The van der Waals surface area contributed by atoms with Crippen molar-refractivity contribution in [3.63, 3.8) is 0 Å². The Kier molecular flexibility index (Phi) is 8.33. The average molecular weight is 216 g/mol. The number of hydrogen-bond donors (Lipinski definition) is 2. The van der Waals surface area contributed by atoms with Crippen molar-refractivity contribution in [2.24, 2.45) is 0 Å². The monoisotopic (exact) mass is 216 g/mol. The lowest BCUT2D eigenvalue weighted by molar-refractivity contribution is -0.121. The third kappa shape index (κ3) is 7.33. The lowest BCUT2D eigenvalue weighted by Gasteiger charge is -2.25. The first-order chi connectivity index (χ1) is 7.11. The Bertz CT molecular complexity index is 172. The average Bonchev–Trinajstić information content (AvgIpc) is 2.17. The van der Waals surface area contributed by atoms with Crippen molar-refractivity contribution in [3.05, 3.63) is 0 Å². The highest BCUT2D eigenvalue weighted by molar-refractivity contribution is 5.75. The van der Waals surface area contributed by atoms with Gasteiger partial charge >= 0.3 is 0 Å². The molecule has 90 valence electrons. The van der Waals surface area contributed by atoms with Crippen molar-refractivity contribution >= 4 is 5.91 Å². The molecule has 0 bridgehead atoms. The molecule has 0 aromatic heterocycles. The minimum Gasteiger partial charge on any atom is -0.396 e. The molecule has 0 aromatic carbocycles. The molecule has 0 spiro atoms. The maximum absolute atomic E-state index is 11.3. The number of nitrogens with one attached hydrogen (secondary N) is 1. The molecule has 0 atom stereocenters. The van der Waals surface area contributed by atoms with E-state index in [9.17, 15) is 4.79 Å². The number of amides is 1. The van der Waals surface area contributed by atoms with Crippen LogP contribution in [0, 0.1) is 0 Å². The molecule has 0 saturated heterocycles. The Morgan fingerprint density at radius 2 is 2.07 bits per heavy atom. The van der Waals surface area contributed by atoms with Gasteiger partial charge in [0, 0.05) is 38.7 Å². The maximum Gasteiger partial charge on any atom is 0.221 e. The van der Waals surface area contributed by atoms with Crippen LogP contribution in [0.1, 0.15) is 33.6 Å². The number of aliphatic hydroxyl groups excluding tert-OH is 1. The van der Waals surface area contributed by atoms with Gasteiger partial charge in [-0.05, 0) is 27.2 Å². The van der Waals surface area contributed by atoms with E-state index in [2.05, 4.69) is 24.1 Å². The predicted molar refractivity (Wildman–Crippen MR) is 61.7 cm³/mol. The van der Waals surface area contributed by atoms with E-state index in [-0.39, 0.29) is 12.5 Å². The third-order valence-electron chi connectivity index (χ3n) is 2.33. The van der Waals surface area contributed by atoms with E-state index in [4.69, 9.17) is 5.11 Å². The SMILES string of the molecule is CCNC(=O)CCN(CCCO)C(C)C. The van der Waals surface area contributed by atoms with Crippen LogP contribution in [-0.2, 0) is 4.79 Å². The largest absolute Gasteiger partial charge is 0.396 e. The summed E-state index contributed by atoms with van der Waals surface area (Å²) in [4.78, 5) is 13.5. The topological polar surface area (TPSA) is 52.6 Å². The van der Waals surface area contributed by atoms with Crippen LogP contribution in [0.4, 0.5) is 0 Å². The zero-order chi connectivity index (χ0) is 11.7. The molecule has 4 nitrogen and oxygen atoms in total. The van der Waals surface area contributed by atoms with E-state index in [1.165, 1.54) is 0 Å². The first kappa shape index (κ1) is 14.4. The van der Waals surface area contributed by atoms with Crippen LogP contribution in [-0.4, -0.2) is 48.2 Å². The predicted octanol–water partition coefficient (Wildman–Crippen LogP) is 0.605. The molecule has 0 unspecified atom stereocenters. The van der Waals surface area contributed by atoms with E-state index in [1.807, 2.05) is 6.92 Å². The van der Waals surface area contributed by atoms with Crippen LogP contribution in [0.2, 0.25) is 0 Å². The van der Waals surface area contributed by atoms with E-state index in [0.29, 0.717) is 19.0 Å².